The molecule has 4 fully saturated rings. The summed E-state index contributed by atoms with van der Waals surface area (Å²) in [5.41, 5.74) is 1.30. The number of likely N-dealkylation sites (tertiary alicyclic amines) is 1. The van der Waals surface area contributed by atoms with Crippen LogP contribution in [-0.4, -0.2) is 40.4 Å². The fourth-order valence-electron chi connectivity index (χ4n) is 5.43. The molecule has 0 radical (unpaired) electrons. The second-order valence-corrected chi connectivity index (χ2v) is 7.69. The van der Waals surface area contributed by atoms with Gasteiger partial charge in [-0.2, -0.15) is 0 Å². The SMILES string of the molecule is O=C1C[C@H]2CC[C@@H]1[C@H](N1CCC[C@H]1C(=O)O)[C@H]2Cc1ccccc1. The standard InChI is InChI=1S/C20H25NO3/c22-18-12-14-8-9-15(18)19(21-10-4-7-17(21)20(23)24)16(14)11-13-5-2-1-3-6-13/h1-3,5-6,14-17,19H,4,7-12H2,(H,23,24)/t14-,15+,16+,17+,19+/m1/s1. The first-order valence-corrected chi connectivity index (χ1v) is 9.20. The highest BCUT2D eigenvalue weighted by Crippen LogP contribution is 2.48. The van der Waals surface area contributed by atoms with Gasteiger partial charge >= 0.3 is 5.97 Å². The maximum Gasteiger partial charge on any atom is 0.320 e. The molecule has 4 heteroatoms. The van der Waals surface area contributed by atoms with E-state index < -0.39 is 12.0 Å². The second-order valence-electron chi connectivity index (χ2n) is 7.69. The van der Waals surface area contributed by atoms with Crippen LogP contribution in [0.4, 0.5) is 0 Å². The average Bonchev–Trinajstić information content (AvgIpc) is 3.06. The number of hydrogen-bond donors (Lipinski definition) is 1. The molecule has 1 aliphatic heterocycles. The molecule has 4 nitrogen and oxygen atoms in total. The lowest BCUT2D eigenvalue weighted by molar-refractivity contribution is -0.150. The number of hydrogen-bond acceptors (Lipinski definition) is 3. The Hall–Kier alpha value is -1.68. The summed E-state index contributed by atoms with van der Waals surface area (Å²) in [5, 5.41) is 9.60. The summed E-state index contributed by atoms with van der Waals surface area (Å²) in [7, 11) is 0. The number of nitrogens with zero attached hydrogens (tertiary/aromatic N) is 1. The molecule has 1 saturated heterocycles. The number of carbonyl (C=O) groups is 2. The fourth-order valence-corrected chi connectivity index (χ4v) is 5.43. The van der Waals surface area contributed by atoms with Crippen molar-refractivity contribution in [2.75, 3.05) is 6.54 Å². The van der Waals surface area contributed by atoms with Gasteiger partial charge in [0.15, 0.2) is 0 Å². The van der Waals surface area contributed by atoms with Crippen LogP contribution < -0.4 is 0 Å². The Labute approximate surface area is 142 Å². The van der Waals surface area contributed by atoms with Crippen molar-refractivity contribution in [3.63, 3.8) is 0 Å². The third-order valence-electron chi connectivity index (χ3n) is 6.46. The molecule has 3 saturated carbocycles. The van der Waals surface area contributed by atoms with E-state index in [2.05, 4.69) is 29.2 Å². The molecule has 1 aromatic carbocycles. The third kappa shape index (κ3) is 2.67. The van der Waals surface area contributed by atoms with Crippen LogP contribution in [-0.2, 0) is 16.0 Å². The molecule has 3 aliphatic carbocycles. The first-order chi connectivity index (χ1) is 11.6. The summed E-state index contributed by atoms with van der Waals surface area (Å²) >= 11 is 0. The van der Waals surface area contributed by atoms with Crippen molar-refractivity contribution in [2.45, 2.75) is 50.6 Å². The van der Waals surface area contributed by atoms with E-state index in [1.54, 1.807) is 0 Å². The summed E-state index contributed by atoms with van der Waals surface area (Å²) in [4.78, 5) is 26.4. The van der Waals surface area contributed by atoms with Gasteiger partial charge in [0.05, 0.1) is 0 Å². The van der Waals surface area contributed by atoms with Gasteiger partial charge in [-0.1, -0.05) is 30.3 Å². The minimum absolute atomic E-state index is 0.0451. The van der Waals surface area contributed by atoms with Gasteiger partial charge in [-0.05, 0) is 56.0 Å². The normalized spacial score (nSPS) is 36.2. The largest absolute Gasteiger partial charge is 0.480 e. The number of fused-ring (bicyclic) bond motifs is 3. The minimum Gasteiger partial charge on any atom is -0.480 e. The molecule has 0 spiro atoms. The van der Waals surface area contributed by atoms with Crippen molar-refractivity contribution in [1.82, 2.24) is 4.90 Å². The molecule has 4 aliphatic rings. The molecule has 1 aromatic rings. The molecule has 0 aromatic heterocycles. The van der Waals surface area contributed by atoms with Crippen LogP contribution in [0, 0.1) is 17.8 Å². The Balaban J connectivity index is 1.64. The zero-order chi connectivity index (χ0) is 16.7. The van der Waals surface area contributed by atoms with E-state index in [0.717, 1.165) is 38.6 Å². The average molecular weight is 327 g/mol. The van der Waals surface area contributed by atoms with Gasteiger partial charge in [-0.3, -0.25) is 14.5 Å². The van der Waals surface area contributed by atoms with Crippen LogP contribution in [0.2, 0.25) is 0 Å². The number of carboxylic acids is 1. The van der Waals surface area contributed by atoms with E-state index in [0.29, 0.717) is 24.0 Å². The number of rotatable bonds is 4. The fraction of sp³-hybridized carbons (Fsp3) is 0.600. The summed E-state index contributed by atoms with van der Waals surface area (Å²) < 4.78 is 0. The van der Waals surface area contributed by atoms with E-state index in [1.165, 1.54) is 5.56 Å². The monoisotopic (exact) mass is 327 g/mol. The molecular weight excluding hydrogens is 302 g/mol. The van der Waals surface area contributed by atoms with Gasteiger partial charge in [0.25, 0.3) is 0 Å². The summed E-state index contributed by atoms with van der Waals surface area (Å²) in [6.07, 6.45) is 5.37. The topological polar surface area (TPSA) is 57.6 Å². The van der Waals surface area contributed by atoms with Crippen molar-refractivity contribution in [1.29, 1.82) is 0 Å². The van der Waals surface area contributed by atoms with Crippen molar-refractivity contribution in [3.8, 4) is 0 Å². The van der Waals surface area contributed by atoms with Crippen LogP contribution in [0.3, 0.4) is 0 Å². The first kappa shape index (κ1) is 15.8. The third-order valence-corrected chi connectivity index (χ3v) is 6.46. The number of ketones is 1. The highest BCUT2D eigenvalue weighted by atomic mass is 16.4. The van der Waals surface area contributed by atoms with Crippen LogP contribution in [0.15, 0.2) is 30.3 Å². The molecule has 1 heterocycles. The van der Waals surface area contributed by atoms with Crippen molar-refractivity contribution >= 4 is 11.8 Å². The zero-order valence-corrected chi connectivity index (χ0v) is 13.9. The summed E-state index contributed by atoms with van der Waals surface area (Å²) in [5.74, 6) is 0.520. The molecular formula is C20H25NO3. The van der Waals surface area contributed by atoms with Gasteiger partial charge in [0, 0.05) is 18.4 Å². The summed E-state index contributed by atoms with van der Waals surface area (Å²) in [6, 6.07) is 10.2. The zero-order valence-electron chi connectivity index (χ0n) is 13.9. The predicted octanol–water partition coefficient (Wildman–Crippen LogP) is 2.76. The molecule has 24 heavy (non-hydrogen) atoms. The molecule has 5 atom stereocenters. The van der Waals surface area contributed by atoms with Crippen molar-refractivity contribution < 1.29 is 14.7 Å². The van der Waals surface area contributed by atoms with E-state index in [-0.39, 0.29) is 12.0 Å². The van der Waals surface area contributed by atoms with Crippen LogP contribution >= 0.6 is 0 Å². The Morgan fingerprint density at radius 3 is 2.67 bits per heavy atom. The lowest BCUT2D eigenvalue weighted by Gasteiger charge is -2.52. The Bertz CT molecular complexity index is 629. The van der Waals surface area contributed by atoms with Crippen molar-refractivity contribution in [2.24, 2.45) is 17.8 Å². The smallest absolute Gasteiger partial charge is 0.320 e. The maximum atomic E-state index is 12.5. The van der Waals surface area contributed by atoms with Gasteiger partial charge in [-0.15, -0.1) is 0 Å². The lowest BCUT2D eigenvalue weighted by Crippen LogP contribution is -2.59. The van der Waals surface area contributed by atoms with Gasteiger partial charge in [-0.25, -0.2) is 0 Å². The molecule has 0 unspecified atom stereocenters. The molecule has 1 N–H and O–H groups in total. The van der Waals surface area contributed by atoms with E-state index >= 15 is 0 Å². The van der Waals surface area contributed by atoms with E-state index in [9.17, 15) is 14.7 Å². The molecule has 128 valence electrons. The predicted molar refractivity (Wildman–Crippen MR) is 90.6 cm³/mol. The van der Waals surface area contributed by atoms with Gasteiger partial charge in [0.2, 0.25) is 0 Å². The number of benzene rings is 1. The summed E-state index contributed by atoms with van der Waals surface area (Å²) in [6.45, 7) is 0.823. The number of aliphatic carboxylic acids is 1. The minimum atomic E-state index is -0.722. The van der Waals surface area contributed by atoms with Crippen molar-refractivity contribution in [3.05, 3.63) is 35.9 Å². The number of Topliss-reactive ketones (excluding diaryl/α,β-unsaturated/α-hetero) is 1. The Morgan fingerprint density at radius 1 is 1.17 bits per heavy atom. The molecule has 5 rings (SSSR count). The Kier molecular flexibility index (Phi) is 4.17. The molecule has 0 amide bonds. The van der Waals surface area contributed by atoms with E-state index in [1.807, 2.05) is 6.07 Å². The highest BCUT2D eigenvalue weighted by molar-refractivity contribution is 5.84. The quantitative estimate of drug-likeness (QED) is 0.924. The van der Waals surface area contributed by atoms with Crippen LogP contribution in [0.1, 0.15) is 37.7 Å². The van der Waals surface area contributed by atoms with Crippen LogP contribution in [0.25, 0.3) is 0 Å². The van der Waals surface area contributed by atoms with Gasteiger partial charge in [0.1, 0.15) is 11.8 Å². The lowest BCUT2D eigenvalue weighted by atomic mass is 9.59. The van der Waals surface area contributed by atoms with Crippen LogP contribution in [0.5, 0.6) is 0 Å². The highest BCUT2D eigenvalue weighted by Gasteiger charge is 2.52. The second kappa shape index (κ2) is 6.32. The number of carboxylic acid groups (broad SMARTS) is 1. The Morgan fingerprint density at radius 2 is 1.96 bits per heavy atom. The maximum absolute atomic E-state index is 12.5. The molecule has 2 bridgehead atoms. The van der Waals surface area contributed by atoms with E-state index in [4.69, 9.17) is 0 Å². The van der Waals surface area contributed by atoms with Gasteiger partial charge < -0.3 is 5.11 Å². The number of carbonyl (C=O) groups excluding carboxylic acids is 1. The first-order valence-electron chi connectivity index (χ1n) is 9.20.